The number of amides is 1. The number of hydrogen-bond donors (Lipinski definition) is 2. The van der Waals surface area contributed by atoms with E-state index >= 15 is 0 Å². The van der Waals surface area contributed by atoms with E-state index in [1.807, 2.05) is 18.2 Å². The van der Waals surface area contributed by atoms with Gasteiger partial charge in [0.25, 0.3) is 0 Å². The first-order valence-corrected chi connectivity index (χ1v) is 7.95. The van der Waals surface area contributed by atoms with Crippen LogP contribution in [0.1, 0.15) is 28.5 Å². The van der Waals surface area contributed by atoms with Gasteiger partial charge in [-0.15, -0.1) is 5.10 Å². The molecule has 0 spiro atoms. The Labute approximate surface area is 142 Å². The average Bonchev–Trinajstić information content (AvgIpc) is 3.33. The van der Waals surface area contributed by atoms with Crippen molar-refractivity contribution in [3.05, 3.63) is 41.9 Å². The highest BCUT2D eigenvalue weighted by molar-refractivity contribution is 5.84. The number of carboxylic acid groups (broad SMARTS) is 1. The number of carbonyl (C=O) groups excluding carboxylic acids is 1. The zero-order chi connectivity index (χ0) is 17.4. The summed E-state index contributed by atoms with van der Waals surface area (Å²) in [5.41, 5.74) is 1.75. The number of aromatic carboxylic acids is 1. The van der Waals surface area contributed by atoms with Crippen molar-refractivity contribution in [2.24, 2.45) is 0 Å². The van der Waals surface area contributed by atoms with E-state index < -0.39 is 5.97 Å². The summed E-state index contributed by atoms with van der Waals surface area (Å²) in [6.45, 7) is 1.13. The minimum absolute atomic E-state index is 0.0416. The normalized spacial score (nSPS) is 17.3. The molecule has 3 aromatic rings. The van der Waals surface area contributed by atoms with E-state index in [4.69, 9.17) is 5.11 Å². The molecule has 25 heavy (non-hydrogen) atoms. The number of carboxylic acids is 1. The average molecular weight is 340 g/mol. The maximum absolute atomic E-state index is 12.5. The highest BCUT2D eigenvalue weighted by Gasteiger charge is 2.28. The molecule has 1 atom stereocenters. The van der Waals surface area contributed by atoms with Crippen molar-refractivity contribution in [3.8, 4) is 0 Å². The molecule has 9 nitrogen and oxygen atoms in total. The summed E-state index contributed by atoms with van der Waals surface area (Å²) in [7, 11) is 0. The number of H-pyrrole nitrogens is 1. The number of carbonyl (C=O) groups is 2. The molecule has 3 heterocycles. The lowest BCUT2D eigenvalue weighted by atomic mass is 10.1. The summed E-state index contributed by atoms with van der Waals surface area (Å²) < 4.78 is 1.54. The highest BCUT2D eigenvalue weighted by atomic mass is 16.4. The number of benzene rings is 1. The number of hydrogen-bond acceptors (Lipinski definition) is 5. The van der Waals surface area contributed by atoms with Gasteiger partial charge in [0.05, 0.1) is 30.4 Å². The van der Waals surface area contributed by atoms with Gasteiger partial charge < -0.3 is 10.0 Å². The molecular weight excluding hydrogens is 324 g/mol. The van der Waals surface area contributed by atoms with Gasteiger partial charge in [-0.3, -0.25) is 9.89 Å². The number of likely N-dealkylation sites (tertiary alicyclic amines) is 1. The van der Waals surface area contributed by atoms with E-state index in [-0.39, 0.29) is 17.6 Å². The van der Waals surface area contributed by atoms with E-state index in [0.717, 1.165) is 22.9 Å². The second-order valence-electron chi connectivity index (χ2n) is 6.14. The number of nitrogens with one attached hydrogen (secondary N) is 1. The number of nitrogens with zero attached hydrogens (tertiary/aromatic N) is 5. The van der Waals surface area contributed by atoms with Gasteiger partial charge in [0.2, 0.25) is 5.91 Å². The van der Waals surface area contributed by atoms with Crippen LogP contribution in [0.4, 0.5) is 0 Å². The molecule has 2 N–H and O–H groups in total. The van der Waals surface area contributed by atoms with Crippen molar-refractivity contribution >= 4 is 22.8 Å². The molecule has 0 bridgehead atoms. The Morgan fingerprint density at radius 1 is 1.36 bits per heavy atom. The Balaban J connectivity index is 1.41. The molecule has 4 rings (SSSR count). The number of aromatic nitrogens is 5. The smallest absolute Gasteiger partial charge is 0.358 e. The fraction of sp³-hybridized carbons (Fsp3) is 0.312. The SMILES string of the molecule is O=C(O)c1cn(C2CCN(C(=O)Cc3ccc4cn[nH]c4c3)C2)nn1. The Morgan fingerprint density at radius 3 is 3.04 bits per heavy atom. The molecular formula is C16H16N6O3. The molecule has 0 radical (unpaired) electrons. The predicted octanol–water partition coefficient (Wildman–Crippen LogP) is 0.869. The van der Waals surface area contributed by atoms with E-state index in [2.05, 4.69) is 20.5 Å². The second kappa shape index (κ2) is 6.00. The minimum atomic E-state index is -1.11. The molecule has 1 fully saturated rings. The van der Waals surface area contributed by atoms with Crippen LogP contribution in [0.25, 0.3) is 10.9 Å². The quantitative estimate of drug-likeness (QED) is 0.728. The Morgan fingerprint density at radius 2 is 2.24 bits per heavy atom. The third-order valence-electron chi connectivity index (χ3n) is 4.48. The van der Waals surface area contributed by atoms with Crippen LogP contribution in [0.15, 0.2) is 30.6 Å². The van der Waals surface area contributed by atoms with E-state index in [0.29, 0.717) is 19.5 Å². The summed E-state index contributed by atoms with van der Waals surface area (Å²) in [6, 6.07) is 5.76. The van der Waals surface area contributed by atoms with E-state index in [9.17, 15) is 9.59 Å². The standard InChI is InChI=1S/C16H16N6O3/c23-15(6-10-1-2-11-7-17-18-13(11)5-10)21-4-3-12(8-21)22-9-14(16(24)25)19-20-22/h1-2,5,7,9,12H,3-4,6,8H2,(H,17,18)(H,24,25). The van der Waals surface area contributed by atoms with Crippen LogP contribution >= 0.6 is 0 Å². The molecule has 2 aromatic heterocycles. The summed E-state index contributed by atoms with van der Waals surface area (Å²) in [4.78, 5) is 25.2. The second-order valence-corrected chi connectivity index (χ2v) is 6.14. The van der Waals surface area contributed by atoms with E-state index in [1.165, 1.54) is 10.9 Å². The van der Waals surface area contributed by atoms with Crippen molar-refractivity contribution in [1.29, 1.82) is 0 Å². The summed E-state index contributed by atoms with van der Waals surface area (Å²) >= 11 is 0. The minimum Gasteiger partial charge on any atom is -0.476 e. The first kappa shape index (κ1) is 15.3. The number of rotatable bonds is 4. The van der Waals surface area contributed by atoms with Gasteiger partial charge in [0.1, 0.15) is 0 Å². The van der Waals surface area contributed by atoms with Gasteiger partial charge in [-0.2, -0.15) is 5.10 Å². The van der Waals surface area contributed by atoms with Gasteiger partial charge in [0, 0.05) is 18.5 Å². The van der Waals surface area contributed by atoms with Crippen LogP contribution in [0, 0.1) is 0 Å². The van der Waals surface area contributed by atoms with Crippen molar-refractivity contribution in [3.63, 3.8) is 0 Å². The van der Waals surface area contributed by atoms with Crippen molar-refractivity contribution in [2.75, 3.05) is 13.1 Å². The van der Waals surface area contributed by atoms with Crippen LogP contribution in [0.3, 0.4) is 0 Å². The molecule has 1 amide bonds. The molecule has 128 valence electrons. The fourth-order valence-corrected chi connectivity index (χ4v) is 3.12. The van der Waals surface area contributed by atoms with Gasteiger partial charge in [0.15, 0.2) is 5.69 Å². The van der Waals surface area contributed by atoms with Gasteiger partial charge in [-0.25, -0.2) is 9.48 Å². The fourth-order valence-electron chi connectivity index (χ4n) is 3.12. The largest absolute Gasteiger partial charge is 0.476 e. The van der Waals surface area contributed by atoms with Crippen LogP contribution in [-0.4, -0.2) is 60.2 Å². The first-order chi connectivity index (χ1) is 12.1. The molecule has 0 saturated carbocycles. The Hall–Kier alpha value is -3.23. The lowest BCUT2D eigenvalue weighted by Crippen LogP contribution is -2.30. The van der Waals surface area contributed by atoms with Crippen molar-refractivity contribution in [1.82, 2.24) is 30.1 Å². The summed E-state index contributed by atoms with van der Waals surface area (Å²) in [5.74, 6) is -1.06. The molecule has 0 aliphatic carbocycles. The van der Waals surface area contributed by atoms with Gasteiger partial charge >= 0.3 is 5.97 Å². The lowest BCUT2D eigenvalue weighted by molar-refractivity contribution is -0.129. The van der Waals surface area contributed by atoms with Crippen LogP contribution in [0.2, 0.25) is 0 Å². The number of fused-ring (bicyclic) bond motifs is 1. The highest BCUT2D eigenvalue weighted by Crippen LogP contribution is 2.22. The molecule has 1 aliphatic heterocycles. The Bertz CT molecular complexity index is 946. The summed E-state index contributed by atoms with van der Waals surface area (Å²) in [5, 5.41) is 24.3. The maximum atomic E-state index is 12.5. The van der Waals surface area contributed by atoms with Crippen LogP contribution in [-0.2, 0) is 11.2 Å². The number of aromatic amines is 1. The van der Waals surface area contributed by atoms with E-state index in [1.54, 1.807) is 11.1 Å². The van der Waals surface area contributed by atoms with Crippen molar-refractivity contribution in [2.45, 2.75) is 18.9 Å². The van der Waals surface area contributed by atoms with Crippen molar-refractivity contribution < 1.29 is 14.7 Å². The third-order valence-corrected chi connectivity index (χ3v) is 4.48. The van der Waals surface area contributed by atoms with Gasteiger partial charge in [-0.05, 0) is 18.1 Å². The Kier molecular flexibility index (Phi) is 3.68. The predicted molar refractivity (Wildman–Crippen MR) is 87.0 cm³/mol. The topological polar surface area (TPSA) is 117 Å². The molecule has 1 aliphatic rings. The molecule has 1 saturated heterocycles. The molecule has 9 heteroatoms. The van der Waals surface area contributed by atoms with Gasteiger partial charge in [-0.1, -0.05) is 17.3 Å². The first-order valence-electron chi connectivity index (χ1n) is 7.95. The van der Waals surface area contributed by atoms with Crippen LogP contribution in [0.5, 0.6) is 0 Å². The summed E-state index contributed by atoms with van der Waals surface area (Å²) in [6.07, 6.45) is 4.20. The lowest BCUT2D eigenvalue weighted by Gasteiger charge is -2.16. The third kappa shape index (κ3) is 2.95. The zero-order valence-electron chi connectivity index (χ0n) is 13.3. The molecule has 1 aromatic carbocycles. The zero-order valence-corrected chi connectivity index (χ0v) is 13.3. The monoisotopic (exact) mass is 340 g/mol. The maximum Gasteiger partial charge on any atom is 0.358 e. The molecule has 1 unspecified atom stereocenters. The van der Waals surface area contributed by atoms with Crippen LogP contribution < -0.4 is 0 Å².